The van der Waals surface area contributed by atoms with Gasteiger partial charge in [0.1, 0.15) is 5.75 Å². The fourth-order valence-corrected chi connectivity index (χ4v) is 5.12. The summed E-state index contributed by atoms with van der Waals surface area (Å²) in [6.07, 6.45) is -0.662. The van der Waals surface area contributed by atoms with E-state index < -0.39 is 6.16 Å². The van der Waals surface area contributed by atoms with Crippen LogP contribution in [0.25, 0.3) is 43.6 Å². The predicted octanol–water partition coefficient (Wildman–Crippen LogP) is 8.14. The van der Waals surface area contributed by atoms with Crippen LogP contribution in [0.1, 0.15) is 6.42 Å². The SMILES string of the molecule is O=C(O)Oc1c(-c2cccc3ccccc23)c2ccccc2n1CCCOc1cccc2ccccc12. The fourth-order valence-electron chi connectivity index (χ4n) is 5.12. The van der Waals surface area contributed by atoms with Crippen LogP contribution in [-0.4, -0.2) is 22.4 Å². The molecule has 0 aliphatic heterocycles. The maximum Gasteiger partial charge on any atom is 0.512 e. The fraction of sp³-hybridized carbons (Fsp3) is 0.0938. The van der Waals surface area contributed by atoms with Gasteiger partial charge in [-0.15, -0.1) is 0 Å². The lowest BCUT2D eigenvalue weighted by Gasteiger charge is -2.13. The van der Waals surface area contributed by atoms with Crippen LogP contribution in [0, 0.1) is 0 Å². The lowest BCUT2D eigenvalue weighted by molar-refractivity contribution is 0.141. The zero-order valence-electron chi connectivity index (χ0n) is 20.1. The van der Waals surface area contributed by atoms with Crippen molar-refractivity contribution >= 4 is 38.6 Å². The van der Waals surface area contributed by atoms with Crippen molar-refractivity contribution in [2.24, 2.45) is 0 Å². The molecular formula is C32H25NO4. The molecule has 5 nitrogen and oxygen atoms in total. The number of hydrogen-bond acceptors (Lipinski definition) is 3. The first-order chi connectivity index (χ1) is 18.2. The molecule has 0 bridgehead atoms. The lowest BCUT2D eigenvalue weighted by atomic mass is 9.97. The molecule has 0 aliphatic carbocycles. The van der Waals surface area contributed by atoms with Crippen LogP contribution in [0.2, 0.25) is 0 Å². The topological polar surface area (TPSA) is 60.7 Å². The Kier molecular flexibility index (Phi) is 5.95. The summed E-state index contributed by atoms with van der Waals surface area (Å²) >= 11 is 0. The number of carbonyl (C=O) groups is 1. The summed E-state index contributed by atoms with van der Waals surface area (Å²) in [4.78, 5) is 11.8. The molecule has 6 aromatic rings. The van der Waals surface area contributed by atoms with Crippen molar-refractivity contribution < 1.29 is 19.4 Å². The Hall–Kier alpha value is -4.77. The molecule has 1 N–H and O–H groups in total. The van der Waals surface area contributed by atoms with Crippen molar-refractivity contribution in [3.63, 3.8) is 0 Å². The minimum atomic E-state index is -1.34. The molecule has 0 saturated heterocycles. The van der Waals surface area contributed by atoms with Crippen molar-refractivity contribution in [2.45, 2.75) is 13.0 Å². The number of aryl methyl sites for hydroxylation is 1. The van der Waals surface area contributed by atoms with E-state index in [0.717, 1.165) is 49.3 Å². The summed E-state index contributed by atoms with van der Waals surface area (Å²) in [5, 5.41) is 14.9. The molecule has 0 spiro atoms. The van der Waals surface area contributed by atoms with Crippen LogP contribution < -0.4 is 9.47 Å². The third-order valence-electron chi connectivity index (χ3n) is 6.70. The summed E-state index contributed by atoms with van der Waals surface area (Å²) < 4.78 is 13.6. The second-order valence-corrected chi connectivity index (χ2v) is 8.92. The second kappa shape index (κ2) is 9.70. The molecule has 1 aromatic heterocycles. The van der Waals surface area contributed by atoms with Crippen molar-refractivity contribution in [1.82, 2.24) is 4.57 Å². The van der Waals surface area contributed by atoms with Gasteiger partial charge in [-0.2, -0.15) is 0 Å². The van der Waals surface area contributed by atoms with E-state index in [1.54, 1.807) is 0 Å². The molecule has 1 heterocycles. The predicted molar refractivity (Wildman–Crippen MR) is 148 cm³/mol. The Morgan fingerprint density at radius 3 is 2.11 bits per heavy atom. The highest BCUT2D eigenvalue weighted by Gasteiger charge is 2.23. The molecular weight excluding hydrogens is 462 g/mol. The highest BCUT2D eigenvalue weighted by Crippen LogP contribution is 2.43. The van der Waals surface area contributed by atoms with E-state index in [1.807, 2.05) is 77.4 Å². The highest BCUT2D eigenvalue weighted by atomic mass is 16.7. The highest BCUT2D eigenvalue weighted by molar-refractivity contribution is 6.08. The summed E-state index contributed by atoms with van der Waals surface area (Å²) in [7, 11) is 0. The summed E-state index contributed by atoms with van der Waals surface area (Å²) in [6, 6.07) is 36.3. The maximum absolute atomic E-state index is 11.8. The molecule has 0 fully saturated rings. The van der Waals surface area contributed by atoms with E-state index >= 15 is 0 Å². The van der Waals surface area contributed by atoms with E-state index in [9.17, 15) is 9.90 Å². The second-order valence-electron chi connectivity index (χ2n) is 8.92. The number of rotatable bonds is 7. The normalized spacial score (nSPS) is 11.2. The molecule has 5 aromatic carbocycles. The summed E-state index contributed by atoms with van der Waals surface area (Å²) in [5.74, 6) is 1.17. The van der Waals surface area contributed by atoms with Gasteiger partial charge in [-0.1, -0.05) is 97.1 Å². The van der Waals surface area contributed by atoms with Gasteiger partial charge in [-0.05, 0) is 40.3 Å². The Morgan fingerprint density at radius 1 is 0.703 bits per heavy atom. The van der Waals surface area contributed by atoms with Crippen LogP contribution in [0.15, 0.2) is 109 Å². The van der Waals surface area contributed by atoms with E-state index in [0.29, 0.717) is 25.5 Å². The van der Waals surface area contributed by atoms with Crippen LogP contribution >= 0.6 is 0 Å². The molecule has 0 amide bonds. The quantitative estimate of drug-likeness (QED) is 0.182. The molecule has 182 valence electrons. The molecule has 0 unspecified atom stereocenters. The Morgan fingerprint density at radius 2 is 1.32 bits per heavy atom. The molecule has 0 aliphatic rings. The lowest BCUT2D eigenvalue weighted by Crippen LogP contribution is -2.11. The standard InChI is InChI=1S/C32H25NO4/c34-32(35)37-31-30(26-17-7-12-22-10-1-3-14-24(22)26)27-16-5-6-18-28(27)33(31)20-9-21-36-29-19-8-13-23-11-2-4-15-25(23)29/h1-8,10-19H,9,20-21H2,(H,34,35). The Balaban J connectivity index is 1.38. The first-order valence-electron chi connectivity index (χ1n) is 12.3. The maximum atomic E-state index is 11.8. The number of para-hydroxylation sites is 1. The first-order valence-corrected chi connectivity index (χ1v) is 12.3. The number of aromatic nitrogens is 1. The summed E-state index contributed by atoms with van der Waals surface area (Å²) in [5.41, 5.74) is 2.65. The molecule has 0 radical (unpaired) electrons. The van der Waals surface area contributed by atoms with Crippen LogP contribution in [0.4, 0.5) is 4.79 Å². The monoisotopic (exact) mass is 487 g/mol. The van der Waals surface area contributed by atoms with E-state index in [2.05, 4.69) is 36.4 Å². The van der Waals surface area contributed by atoms with E-state index in [1.165, 1.54) is 0 Å². The van der Waals surface area contributed by atoms with Gasteiger partial charge in [-0.3, -0.25) is 0 Å². The van der Waals surface area contributed by atoms with Crippen molar-refractivity contribution in [3.05, 3.63) is 109 Å². The average Bonchev–Trinajstić information content (AvgIpc) is 3.23. The number of nitrogens with zero attached hydrogens (tertiary/aromatic N) is 1. The van der Waals surface area contributed by atoms with Gasteiger partial charge >= 0.3 is 6.16 Å². The van der Waals surface area contributed by atoms with Gasteiger partial charge < -0.3 is 19.1 Å². The largest absolute Gasteiger partial charge is 0.512 e. The number of hydrogen-bond donors (Lipinski definition) is 1. The molecule has 0 saturated carbocycles. The summed E-state index contributed by atoms with van der Waals surface area (Å²) in [6.45, 7) is 1.02. The smallest absolute Gasteiger partial charge is 0.493 e. The van der Waals surface area contributed by atoms with Crippen molar-refractivity contribution in [1.29, 1.82) is 0 Å². The van der Waals surface area contributed by atoms with Crippen LogP contribution in [0.3, 0.4) is 0 Å². The zero-order chi connectivity index (χ0) is 25.2. The van der Waals surface area contributed by atoms with Gasteiger partial charge in [-0.25, -0.2) is 4.79 Å². The van der Waals surface area contributed by atoms with Crippen molar-refractivity contribution in [2.75, 3.05) is 6.61 Å². The van der Waals surface area contributed by atoms with Gasteiger partial charge in [0.2, 0.25) is 5.88 Å². The average molecular weight is 488 g/mol. The van der Waals surface area contributed by atoms with E-state index in [4.69, 9.17) is 9.47 Å². The third kappa shape index (κ3) is 4.25. The van der Waals surface area contributed by atoms with E-state index in [-0.39, 0.29) is 0 Å². The van der Waals surface area contributed by atoms with Crippen molar-refractivity contribution in [3.8, 4) is 22.8 Å². The molecule has 37 heavy (non-hydrogen) atoms. The Bertz CT molecular complexity index is 1740. The van der Waals surface area contributed by atoms with Gasteiger partial charge in [0.25, 0.3) is 0 Å². The van der Waals surface area contributed by atoms with Gasteiger partial charge in [0, 0.05) is 17.3 Å². The molecule has 6 rings (SSSR count). The zero-order valence-corrected chi connectivity index (χ0v) is 20.1. The molecule has 0 atom stereocenters. The van der Waals surface area contributed by atoms with Gasteiger partial charge in [0.05, 0.1) is 17.7 Å². The number of carboxylic acid groups (broad SMARTS) is 1. The third-order valence-corrected chi connectivity index (χ3v) is 6.70. The minimum absolute atomic E-state index is 0.329. The Labute approximate surface area is 214 Å². The number of benzene rings is 5. The number of ether oxygens (including phenoxy) is 2. The minimum Gasteiger partial charge on any atom is -0.493 e. The van der Waals surface area contributed by atoms with Crippen LogP contribution in [0.5, 0.6) is 11.6 Å². The number of fused-ring (bicyclic) bond motifs is 3. The van der Waals surface area contributed by atoms with Crippen LogP contribution in [-0.2, 0) is 6.54 Å². The molecule has 5 heteroatoms. The van der Waals surface area contributed by atoms with Gasteiger partial charge in [0.15, 0.2) is 0 Å². The first kappa shape index (κ1) is 22.7.